The van der Waals surface area contributed by atoms with Crippen LogP contribution in [0.1, 0.15) is 73.1 Å². The van der Waals surface area contributed by atoms with Crippen molar-refractivity contribution in [2.45, 2.75) is 90.3 Å². The number of carbonyl (C=O) groups is 2. The lowest BCUT2D eigenvalue weighted by Crippen LogP contribution is -2.63. The zero-order chi connectivity index (χ0) is 22.6. The van der Waals surface area contributed by atoms with Crippen LogP contribution in [0.15, 0.2) is 24.3 Å². The van der Waals surface area contributed by atoms with Crippen LogP contribution >= 0.6 is 0 Å². The van der Waals surface area contributed by atoms with E-state index in [0.717, 1.165) is 45.1 Å². The molecule has 2 fully saturated rings. The molecule has 6 nitrogen and oxygen atoms in total. The van der Waals surface area contributed by atoms with Crippen LogP contribution in [0, 0.1) is 5.92 Å². The summed E-state index contributed by atoms with van der Waals surface area (Å²) in [6.45, 7) is 11.8. The van der Waals surface area contributed by atoms with Gasteiger partial charge in [-0.05, 0) is 71.9 Å². The summed E-state index contributed by atoms with van der Waals surface area (Å²) in [5.74, 6) is 0.842. The lowest BCUT2D eigenvalue weighted by molar-refractivity contribution is -0.137. The second-order valence-electron chi connectivity index (χ2n) is 10.5. The Kier molecular flexibility index (Phi) is 7.30. The lowest BCUT2D eigenvalue weighted by Gasteiger charge is -2.49. The maximum atomic E-state index is 13.2. The van der Waals surface area contributed by atoms with Crippen LogP contribution in [-0.2, 0) is 9.59 Å². The molecule has 172 valence electrons. The third-order valence-corrected chi connectivity index (χ3v) is 6.09. The number of hydrogen-bond donors (Lipinski definition) is 2. The highest BCUT2D eigenvalue weighted by Gasteiger charge is 2.41. The fourth-order valence-corrected chi connectivity index (χ4v) is 4.81. The van der Waals surface area contributed by atoms with E-state index in [2.05, 4.69) is 45.3 Å². The van der Waals surface area contributed by atoms with Crippen LogP contribution in [0.25, 0.3) is 0 Å². The Labute approximate surface area is 187 Å². The first-order valence-corrected chi connectivity index (χ1v) is 11.7. The number of nitrogens with one attached hydrogen (secondary N) is 2. The largest absolute Gasteiger partial charge is 0.484 e. The molecule has 2 N–H and O–H groups in total. The van der Waals surface area contributed by atoms with Crippen molar-refractivity contribution in [1.29, 1.82) is 0 Å². The van der Waals surface area contributed by atoms with Gasteiger partial charge in [-0.1, -0.05) is 19.4 Å². The number of rotatable bonds is 9. The van der Waals surface area contributed by atoms with Gasteiger partial charge in [0.2, 0.25) is 5.91 Å². The fraction of sp³-hybridized carbons (Fsp3) is 0.680. The highest BCUT2D eigenvalue weighted by Crippen LogP contribution is 2.32. The molecule has 1 aliphatic carbocycles. The van der Waals surface area contributed by atoms with Crippen molar-refractivity contribution < 1.29 is 14.3 Å². The molecule has 2 amide bonds. The van der Waals surface area contributed by atoms with Gasteiger partial charge in [-0.3, -0.25) is 9.59 Å². The van der Waals surface area contributed by atoms with E-state index in [4.69, 9.17) is 4.74 Å². The number of benzene rings is 1. The zero-order valence-corrected chi connectivity index (χ0v) is 19.8. The van der Waals surface area contributed by atoms with Crippen molar-refractivity contribution >= 4 is 17.5 Å². The zero-order valence-electron chi connectivity index (χ0n) is 19.8. The number of unbranched alkanes of at least 4 members (excludes halogenated alkanes) is 1. The third-order valence-electron chi connectivity index (χ3n) is 6.09. The molecule has 1 aliphatic heterocycles. The van der Waals surface area contributed by atoms with Crippen LogP contribution in [0.4, 0.5) is 5.69 Å². The molecular formula is C25H39N3O3. The molecule has 0 aromatic heterocycles. The van der Waals surface area contributed by atoms with Crippen LogP contribution in [0.2, 0.25) is 0 Å². The maximum absolute atomic E-state index is 13.2. The molecule has 0 atom stereocenters. The molecule has 0 unspecified atom stereocenters. The summed E-state index contributed by atoms with van der Waals surface area (Å²) in [5.41, 5.74) is 0.671. The van der Waals surface area contributed by atoms with Crippen LogP contribution in [0.3, 0.4) is 0 Å². The van der Waals surface area contributed by atoms with Crippen molar-refractivity contribution in [3.63, 3.8) is 0 Å². The molecule has 6 heteroatoms. The quantitative estimate of drug-likeness (QED) is 0.612. The van der Waals surface area contributed by atoms with E-state index in [0.29, 0.717) is 11.4 Å². The SMILES string of the molecule is CCCCN(C(=O)COc1cccc(NC(=O)C2CC2)c1)C1CC(C)(C)NC(C)(C)C1. The summed E-state index contributed by atoms with van der Waals surface area (Å²) < 4.78 is 5.86. The summed E-state index contributed by atoms with van der Waals surface area (Å²) in [7, 11) is 0. The van der Waals surface area contributed by atoms with E-state index in [1.807, 2.05) is 23.1 Å². The molecule has 0 bridgehead atoms. The second-order valence-corrected chi connectivity index (χ2v) is 10.5. The van der Waals surface area contributed by atoms with E-state index in [-0.39, 0.29) is 41.5 Å². The Morgan fingerprint density at radius 2 is 1.84 bits per heavy atom. The van der Waals surface area contributed by atoms with Crippen molar-refractivity contribution in [3.8, 4) is 5.75 Å². The van der Waals surface area contributed by atoms with Gasteiger partial charge in [0, 0.05) is 41.3 Å². The normalized spacial score (nSPS) is 20.2. The summed E-state index contributed by atoms with van der Waals surface area (Å²) in [5, 5.41) is 6.63. The number of amides is 2. The number of nitrogens with zero attached hydrogens (tertiary/aromatic N) is 1. The van der Waals surface area contributed by atoms with Gasteiger partial charge < -0.3 is 20.3 Å². The van der Waals surface area contributed by atoms with Crippen molar-refractivity contribution in [3.05, 3.63) is 24.3 Å². The molecule has 1 heterocycles. The summed E-state index contributed by atoms with van der Waals surface area (Å²) in [6.07, 6.45) is 5.82. The molecule has 0 radical (unpaired) electrons. The standard InChI is InChI=1S/C25H39N3O3/c1-6-7-13-28(20-15-24(2,3)27-25(4,5)16-20)22(29)17-31-21-10-8-9-19(14-21)26-23(30)18-11-12-18/h8-10,14,18,20,27H,6-7,11-13,15-17H2,1-5H3,(H,26,30). The minimum atomic E-state index is -0.0217. The van der Waals surface area contributed by atoms with E-state index < -0.39 is 0 Å². The fourth-order valence-electron chi connectivity index (χ4n) is 4.81. The molecule has 31 heavy (non-hydrogen) atoms. The monoisotopic (exact) mass is 429 g/mol. The van der Waals surface area contributed by atoms with Crippen LogP contribution in [0.5, 0.6) is 5.75 Å². The number of hydrogen-bond acceptors (Lipinski definition) is 4. The molecule has 0 spiro atoms. The number of carbonyl (C=O) groups excluding carboxylic acids is 2. The second kappa shape index (κ2) is 9.60. The van der Waals surface area contributed by atoms with E-state index in [1.165, 1.54) is 0 Å². The summed E-state index contributed by atoms with van der Waals surface area (Å²) in [4.78, 5) is 27.3. The Morgan fingerprint density at radius 1 is 1.16 bits per heavy atom. The minimum Gasteiger partial charge on any atom is -0.484 e. The molecular weight excluding hydrogens is 390 g/mol. The molecule has 1 saturated carbocycles. The highest BCUT2D eigenvalue weighted by atomic mass is 16.5. The molecule has 1 aromatic carbocycles. The van der Waals surface area contributed by atoms with Gasteiger partial charge in [-0.25, -0.2) is 0 Å². The summed E-state index contributed by atoms with van der Waals surface area (Å²) in [6, 6.07) is 7.50. The van der Waals surface area contributed by atoms with Crippen LogP contribution in [-0.4, -0.2) is 47.0 Å². The smallest absolute Gasteiger partial charge is 0.260 e. The molecule has 1 saturated heterocycles. The molecule has 1 aromatic rings. The van der Waals surface area contributed by atoms with E-state index >= 15 is 0 Å². The lowest BCUT2D eigenvalue weighted by atomic mass is 9.79. The van der Waals surface area contributed by atoms with Gasteiger partial charge in [0.15, 0.2) is 6.61 Å². The molecule has 3 rings (SSSR count). The number of ether oxygens (including phenoxy) is 1. The maximum Gasteiger partial charge on any atom is 0.260 e. The van der Waals surface area contributed by atoms with Gasteiger partial charge in [0.05, 0.1) is 0 Å². The Morgan fingerprint density at radius 3 is 2.45 bits per heavy atom. The first kappa shape index (κ1) is 23.6. The van der Waals surface area contributed by atoms with E-state index in [9.17, 15) is 9.59 Å². The predicted molar refractivity (Wildman–Crippen MR) is 124 cm³/mol. The number of piperidine rings is 1. The van der Waals surface area contributed by atoms with Gasteiger partial charge in [0.1, 0.15) is 5.75 Å². The third kappa shape index (κ3) is 6.96. The molecule has 2 aliphatic rings. The Bertz CT molecular complexity index is 770. The van der Waals surface area contributed by atoms with Gasteiger partial charge >= 0.3 is 0 Å². The Balaban J connectivity index is 1.63. The predicted octanol–water partition coefficient (Wildman–Crippen LogP) is 4.35. The van der Waals surface area contributed by atoms with Crippen molar-refractivity contribution in [2.75, 3.05) is 18.5 Å². The average Bonchev–Trinajstić information content (AvgIpc) is 3.50. The minimum absolute atomic E-state index is 0.00846. The number of anilines is 1. The van der Waals surface area contributed by atoms with E-state index in [1.54, 1.807) is 6.07 Å². The first-order chi connectivity index (χ1) is 14.6. The van der Waals surface area contributed by atoms with Crippen LogP contribution < -0.4 is 15.4 Å². The van der Waals surface area contributed by atoms with Crippen molar-refractivity contribution in [2.24, 2.45) is 5.92 Å². The van der Waals surface area contributed by atoms with Crippen molar-refractivity contribution in [1.82, 2.24) is 10.2 Å². The Hall–Kier alpha value is -2.08. The highest BCUT2D eigenvalue weighted by molar-refractivity contribution is 5.94. The van der Waals surface area contributed by atoms with Gasteiger partial charge in [-0.15, -0.1) is 0 Å². The average molecular weight is 430 g/mol. The van der Waals surface area contributed by atoms with Gasteiger partial charge in [0.25, 0.3) is 5.91 Å². The van der Waals surface area contributed by atoms with Gasteiger partial charge in [-0.2, -0.15) is 0 Å². The first-order valence-electron chi connectivity index (χ1n) is 11.7. The summed E-state index contributed by atoms with van der Waals surface area (Å²) >= 11 is 0. The topological polar surface area (TPSA) is 70.7 Å².